The molecule has 0 heterocycles. The number of anilines is 2. The van der Waals surface area contributed by atoms with Gasteiger partial charge in [-0.15, -0.1) is 0 Å². The smallest absolute Gasteiger partial charge is 0.323 e. The fourth-order valence-corrected chi connectivity index (χ4v) is 2.22. The van der Waals surface area contributed by atoms with E-state index in [1.807, 2.05) is 39.0 Å². The van der Waals surface area contributed by atoms with Crippen molar-refractivity contribution in [3.63, 3.8) is 0 Å². The summed E-state index contributed by atoms with van der Waals surface area (Å²) in [5.74, 6) is -0.108. The summed E-state index contributed by atoms with van der Waals surface area (Å²) < 4.78 is 0. The summed E-state index contributed by atoms with van der Waals surface area (Å²) in [6, 6.07) is 12.3. The van der Waals surface area contributed by atoms with Crippen LogP contribution in [0.15, 0.2) is 42.5 Å². The zero-order valence-corrected chi connectivity index (χ0v) is 14.3. The fraction of sp³-hybridized carbons (Fsp3) is 0.263. The molecule has 3 amide bonds. The number of hydrogen-bond acceptors (Lipinski definition) is 2. The maximum absolute atomic E-state index is 12.1. The van der Waals surface area contributed by atoms with Crippen molar-refractivity contribution in [3.05, 3.63) is 59.2 Å². The van der Waals surface area contributed by atoms with Crippen molar-refractivity contribution >= 4 is 23.3 Å². The predicted molar refractivity (Wildman–Crippen MR) is 97.6 cm³/mol. The molecule has 24 heavy (non-hydrogen) atoms. The Morgan fingerprint density at radius 2 is 1.67 bits per heavy atom. The molecule has 0 radical (unpaired) electrons. The first kappa shape index (κ1) is 17.5. The van der Waals surface area contributed by atoms with Crippen LogP contribution in [0.3, 0.4) is 0 Å². The lowest BCUT2D eigenvalue weighted by Crippen LogP contribution is -2.24. The molecule has 2 rings (SSSR count). The Labute approximate surface area is 142 Å². The topological polar surface area (TPSA) is 70.2 Å². The maximum atomic E-state index is 12.1. The van der Waals surface area contributed by atoms with Crippen LogP contribution in [-0.4, -0.2) is 18.5 Å². The minimum Gasteiger partial charge on any atom is -0.352 e. The van der Waals surface area contributed by atoms with Crippen molar-refractivity contribution < 1.29 is 9.59 Å². The molecule has 0 fully saturated rings. The van der Waals surface area contributed by atoms with Crippen LogP contribution in [0.4, 0.5) is 16.2 Å². The lowest BCUT2D eigenvalue weighted by Gasteiger charge is -2.11. The Bertz CT molecular complexity index is 724. The first-order chi connectivity index (χ1) is 11.5. The number of nitrogens with one attached hydrogen (secondary N) is 3. The quantitative estimate of drug-likeness (QED) is 0.775. The van der Waals surface area contributed by atoms with Crippen LogP contribution in [0.2, 0.25) is 0 Å². The van der Waals surface area contributed by atoms with Crippen LogP contribution in [-0.2, 0) is 0 Å². The molecule has 3 N–H and O–H groups in total. The molecular weight excluding hydrogens is 302 g/mol. The number of benzene rings is 2. The van der Waals surface area contributed by atoms with Crippen molar-refractivity contribution in [3.8, 4) is 0 Å². The Morgan fingerprint density at radius 1 is 0.958 bits per heavy atom. The standard InChI is InChI=1S/C19H23N3O2/c1-4-12-20-18(23)15-8-10-16(11-9-15)21-19(24)22-17-7-5-6-13(2)14(17)3/h5-11H,4,12H2,1-3H3,(H,20,23)(H2,21,22,24). The minimum atomic E-state index is -0.313. The van der Waals surface area contributed by atoms with Gasteiger partial charge in [0.1, 0.15) is 0 Å². The largest absolute Gasteiger partial charge is 0.352 e. The van der Waals surface area contributed by atoms with E-state index in [1.165, 1.54) is 0 Å². The number of amides is 3. The van der Waals surface area contributed by atoms with E-state index in [9.17, 15) is 9.59 Å². The normalized spacial score (nSPS) is 10.1. The summed E-state index contributed by atoms with van der Waals surface area (Å²) in [6.07, 6.45) is 0.893. The van der Waals surface area contributed by atoms with E-state index in [1.54, 1.807) is 24.3 Å². The van der Waals surface area contributed by atoms with Gasteiger partial charge in [0.05, 0.1) is 0 Å². The van der Waals surface area contributed by atoms with Crippen molar-refractivity contribution in [2.75, 3.05) is 17.2 Å². The summed E-state index contributed by atoms with van der Waals surface area (Å²) in [6.45, 7) is 6.62. The zero-order valence-electron chi connectivity index (χ0n) is 14.3. The van der Waals surface area contributed by atoms with Crippen molar-refractivity contribution in [1.29, 1.82) is 0 Å². The van der Waals surface area contributed by atoms with Gasteiger partial charge in [0.2, 0.25) is 0 Å². The monoisotopic (exact) mass is 325 g/mol. The Morgan fingerprint density at radius 3 is 2.33 bits per heavy atom. The van der Waals surface area contributed by atoms with Gasteiger partial charge < -0.3 is 16.0 Å². The minimum absolute atomic E-state index is 0.108. The lowest BCUT2D eigenvalue weighted by atomic mass is 10.1. The van der Waals surface area contributed by atoms with Crippen molar-refractivity contribution in [1.82, 2.24) is 5.32 Å². The van der Waals surface area contributed by atoms with Crippen LogP contribution < -0.4 is 16.0 Å². The number of aryl methyl sites for hydroxylation is 1. The van der Waals surface area contributed by atoms with Gasteiger partial charge in [0.25, 0.3) is 5.91 Å². The van der Waals surface area contributed by atoms with E-state index in [0.29, 0.717) is 17.8 Å². The molecule has 2 aromatic rings. The molecule has 0 aliphatic carbocycles. The number of carbonyl (C=O) groups excluding carboxylic acids is 2. The average molecular weight is 325 g/mol. The second-order valence-corrected chi connectivity index (χ2v) is 5.66. The predicted octanol–water partition coefficient (Wildman–Crippen LogP) is 4.09. The highest BCUT2D eigenvalue weighted by molar-refractivity contribution is 6.01. The SMILES string of the molecule is CCCNC(=O)c1ccc(NC(=O)Nc2cccc(C)c2C)cc1. The molecule has 5 nitrogen and oxygen atoms in total. The maximum Gasteiger partial charge on any atom is 0.323 e. The van der Waals surface area contributed by atoms with E-state index in [2.05, 4.69) is 16.0 Å². The highest BCUT2D eigenvalue weighted by Crippen LogP contribution is 2.18. The summed E-state index contributed by atoms with van der Waals surface area (Å²) in [7, 11) is 0. The summed E-state index contributed by atoms with van der Waals surface area (Å²) in [5, 5.41) is 8.41. The van der Waals surface area contributed by atoms with E-state index < -0.39 is 0 Å². The van der Waals surface area contributed by atoms with Crippen LogP contribution in [0, 0.1) is 13.8 Å². The molecule has 2 aromatic carbocycles. The third-order valence-corrected chi connectivity index (χ3v) is 3.79. The van der Waals surface area contributed by atoms with Crippen molar-refractivity contribution in [2.45, 2.75) is 27.2 Å². The zero-order chi connectivity index (χ0) is 17.5. The first-order valence-electron chi connectivity index (χ1n) is 8.03. The molecule has 5 heteroatoms. The highest BCUT2D eigenvalue weighted by Gasteiger charge is 2.08. The molecule has 0 bridgehead atoms. The van der Waals surface area contributed by atoms with Crippen LogP contribution in [0.1, 0.15) is 34.8 Å². The van der Waals surface area contributed by atoms with Gasteiger partial charge in [-0.25, -0.2) is 4.79 Å². The Hall–Kier alpha value is -2.82. The Kier molecular flexibility index (Phi) is 5.95. The van der Waals surface area contributed by atoms with Gasteiger partial charge in [-0.3, -0.25) is 4.79 Å². The molecule has 0 atom stereocenters. The first-order valence-corrected chi connectivity index (χ1v) is 8.03. The molecule has 0 unspecified atom stereocenters. The summed E-state index contributed by atoms with van der Waals surface area (Å²) >= 11 is 0. The number of urea groups is 1. The lowest BCUT2D eigenvalue weighted by molar-refractivity contribution is 0.0953. The molecule has 0 saturated heterocycles. The molecule has 0 saturated carbocycles. The van der Waals surface area contributed by atoms with E-state index in [-0.39, 0.29) is 11.9 Å². The summed E-state index contributed by atoms with van der Waals surface area (Å²) in [5.41, 5.74) is 4.14. The summed E-state index contributed by atoms with van der Waals surface area (Å²) in [4.78, 5) is 23.9. The number of hydrogen-bond donors (Lipinski definition) is 3. The second kappa shape index (κ2) is 8.15. The number of carbonyl (C=O) groups is 2. The molecule has 0 aliphatic heterocycles. The van der Waals surface area contributed by atoms with Crippen LogP contribution >= 0.6 is 0 Å². The van der Waals surface area contributed by atoms with Gasteiger partial charge in [0, 0.05) is 23.5 Å². The third kappa shape index (κ3) is 4.59. The van der Waals surface area contributed by atoms with Gasteiger partial charge in [-0.1, -0.05) is 19.1 Å². The molecular formula is C19H23N3O2. The van der Waals surface area contributed by atoms with Crippen LogP contribution in [0.5, 0.6) is 0 Å². The van der Waals surface area contributed by atoms with E-state index in [4.69, 9.17) is 0 Å². The molecule has 0 spiro atoms. The average Bonchev–Trinajstić information content (AvgIpc) is 2.57. The van der Waals surface area contributed by atoms with Crippen LogP contribution in [0.25, 0.3) is 0 Å². The fourth-order valence-electron chi connectivity index (χ4n) is 2.22. The van der Waals surface area contributed by atoms with E-state index >= 15 is 0 Å². The van der Waals surface area contributed by atoms with Crippen molar-refractivity contribution in [2.24, 2.45) is 0 Å². The van der Waals surface area contributed by atoms with Gasteiger partial charge in [-0.05, 0) is 61.7 Å². The third-order valence-electron chi connectivity index (χ3n) is 3.79. The van der Waals surface area contributed by atoms with Gasteiger partial charge in [-0.2, -0.15) is 0 Å². The molecule has 126 valence electrons. The molecule has 0 aromatic heterocycles. The molecule has 0 aliphatic rings. The Balaban J connectivity index is 1.97. The number of rotatable bonds is 5. The van der Waals surface area contributed by atoms with Gasteiger partial charge in [0.15, 0.2) is 0 Å². The van der Waals surface area contributed by atoms with E-state index in [0.717, 1.165) is 23.2 Å². The highest BCUT2D eigenvalue weighted by atomic mass is 16.2. The second-order valence-electron chi connectivity index (χ2n) is 5.66. The van der Waals surface area contributed by atoms with Gasteiger partial charge >= 0.3 is 6.03 Å².